The highest BCUT2D eigenvalue weighted by atomic mass is 28.4. The zero-order valence-corrected chi connectivity index (χ0v) is 34.5. The zero-order chi connectivity index (χ0) is 36.4. The third-order valence-electron chi connectivity index (χ3n) is 13.3. The van der Waals surface area contributed by atoms with Gasteiger partial charge in [0.2, 0.25) is 0 Å². The molecule has 0 bridgehead atoms. The van der Waals surface area contributed by atoms with Gasteiger partial charge in [-0.25, -0.2) is 0 Å². The van der Waals surface area contributed by atoms with Gasteiger partial charge in [0.25, 0.3) is 0 Å². The van der Waals surface area contributed by atoms with Crippen LogP contribution in [0.25, 0.3) is 0 Å². The number of carbonyl (C=O) groups excluding carboxylic acids is 2. The van der Waals surface area contributed by atoms with Crippen molar-refractivity contribution in [2.45, 2.75) is 213 Å². The average Bonchev–Trinajstić information content (AvgIpc) is 3.33. The van der Waals surface area contributed by atoms with Crippen LogP contribution in [0.5, 0.6) is 5.75 Å². The Bertz CT molecular complexity index is 1220. The molecule has 0 heterocycles. The van der Waals surface area contributed by atoms with Crippen LogP contribution in [-0.2, 0) is 25.2 Å². The van der Waals surface area contributed by atoms with E-state index in [0.717, 1.165) is 57.8 Å². The third kappa shape index (κ3) is 10.7. The molecule has 0 spiro atoms. The van der Waals surface area contributed by atoms with E-state index in [9.17, 15) is 9.59 Å². The van der Waals surface area contributed by atoms with Crippen molar-refractivity contribution in [2.75, 3.05) is 0 Å². The highest BCUT2D eigenvalue weighted by Crippen LogP contribution is 2.62. The minimum Gasteiger partial charge on any atom is -0.459 e. The molecule has 0 saturated heterocycles. The molecule has 0 amide bonds. The smallest absolute Gasteiger partial charge is 0.311 e. The fourth-order valence-electron chi connectivity index (χ4n) is 9.28. The van der Waals surface area contributed by atoms with Crippen LogP contribution in [0.3, 0.4) is 0 Å². The summed E-state index contributed by atoms with van der Waals surface area (Å²) in [5.41, 5.74) is 2.71. The molecule has 0 N–H and O–H groups in total. The van der Waals surface area contributed by atoms with Gasteiger partial charge in [0.1, 0.15) is 11.9 Å². The van der Waals surface area contributed by atoms with Crippen molar-refractivity contribution in [1.82, 2.24) is 0 Å². The summed E-state index contributed by atoms with van der Waals surface area (Å²) in [7, 11) is -2.08. The number of ether oxygens (including phenoxy) is 2. The van der Waals surface area contributed by atoms with E-state index in [1.54, 1.807) is 0 Å². The molecule has 1 aromatic carbocycles. The van der Waals surface area contributed by atoms with Crippen LogP contribution in [-0.4, -0.2) is 32.5 Å². The molecule has 5 nitrogen and oxygen atoms in total. The Morgan fingerprint density at radius 3 is 2.00 bits per heavy atom. The molecule has 6 heteroatoms. The van der Waals surface area contributed by atoms with Gasteiger partial charge in [-0.05, 0) is 104 Å². The number of rotatable bonds is 20. The first-order chi connectivity index (χ1) is 23.8. The highest BCUT2D eigenvalue weighted by Gasteiger charge is 2.61. The van der Waals surface area contributed by atoms with E-state index in [1.165, 1.54) is 75.3 Å². The molecule has 6 atom stereocenters. The van der Waals surface area contributed by atoms with Crippen LogP contribution in [0.4, 0.5) is 0 Å². The fourth-order valence-corrected chi connectivity index (χ4v) is 10.6. The van der Waals surface area contributed by atoms with Crippen molar-refractivity contribution in [1.29, 1.82) is 0 Å². The lowest BCUT2D eigenvalue weighted by Crippen LogP contribution is -2.50. The zero-order valence-electron chi connectivity index (χ0n) is 33.5. The standard InChI is InChI=1S/C44H74O5Si/c1-9-11-13-15-17-19-21-23-40(45)47-34-26-28-35-33(31-34)25-27-37-36(35)29-30-44(6)38(37)32-39(49-50(7,8)43(3,4)5)42(44)48-41(46)24-22-20-18-16-14-12-10-2/h26,28,31,36-39,42H,9-25,27,29-30,32H2,1-8H3/t36-,37-,38+,39-,42+,44+/m1/s1. The number of fused-ring (bicyclic) bond motifs is 5. The molecule has 1 aromatic rings. The van der Waals surface area contributed by atoms with Gasteiger partial charge >= 0.3 is 11.9 Å². The first-order valence-corrected chi connectivity index (χ1v) is 23.9. The summed E-state index contributed by atoms with van der Waals surface area (Å²) in [6, 6.07) is 6.43. The molecular formula is C44H74O5Si. The SMILES string of the molecule is CCCCCCCCCC(=O)Oc1ccc2c(c1)CC[C@@H]1[C@@H]2CC[C@@]2(C)[C@H]1C[C@@H](O[Si](C)(C)C(C)(C)C)[C@@H]2OC(=O)CCCCCCCCC. The lowest BCUT2D eigenvalue weighted by atomic mass is 9.55. The molecule has 4 rings (SSSR count). The molecule has 0 unspecified atom stereocenters. The second-order valence-electron chi connectivity index (χ2n) is 18.1. The maximum absolute atomic E-state index is 13.4. The van der Waals surface area contributed by atoms with Gasteiger partial charge in [0.15, 0.2) is 8.32 Å². The van der Waals surface area contributed by atoms with Crippen LogP contribution in [0.15, 0.2) is 18.2 Å². The van der Waals surface area contributed by atoms with Crippen LogP contribution in [0.1, 0.15) is 187 Å². The Morgan fingerprint density at radius 1 is 0.820 bits per heavy atom. The van der Waals surface area contributed by atoms with E-state index in [2.05, 4.69) is 66.8 Å². The molecular weight excluding hydrogens is 637 g/mol. The summed E-state index contributed by atoms with van der Waals surface area (Å²) >= 11 is 0. The lowest BCUT2D eigenvalue weighted by molar-refractivity contribution is -0.163. The fraction of sp³-hybridized carbons (Fsp3) is 0.818. The second kappa shape index (κ2) is 18.9. The van der Waals surface area contributed by atoms with Crippen molar-refractivity contribution < 1.29 is 23.5 Å². The van der Waals surface area contributed by atoms with E-state index in [1.807, 2.05) is 6.07 Å². The Hall–Kier alpha value is -1.66. The second-order valence-corrected chi connectivity index (χ2v) is 22.9. The van der Waals surface area contributed by atoms with Crippen LogP contribution in [0.2, 0.25) is 18.1 Å². The van der Waals surface area contributed by atoms with Crippen molar-refractivity contribution in [3.05, 3.63) is 29.3 Å². The summed E-state index contributed by atoms with van der Waals surface area (Å²) < 4.78 is 19.6. The molecule has 3 aliphatic rings. The summed E-state index contributed by atoms with van der Waals surface area (Å²) in [5, 5.41) is 0.0930. The number of carbonyl (C=O) groups is 2. The van der Waals surface area contributed by atoms with Crippen molar-refractivity contribution in [3.8, 4) is 5.75 Å². The summed E-state index contributed by atoms with van der Waals surface area (Å²) in [6.07, 6.45) is 22.8. The Kier molecular flexibility index (Phi) is 15.5. The molecule has 50 heavy (non-hydrogen) atoms. The Labute approximate surface area is 307 Å². The van der Waals surface area contributed by atoms with Crippen LogP contribution >= 0.6 is 0 Å². The summed E-state index contributed by atoms with van der Waals surface area (Å²) in [4.78, 5) is 26.1. The number of esters is 2. The number of hydrogen-bond acceptors (Lipinski definition) is 5. The Balaban J connectivity index is 1.40. The van der Waals surface area contributed by atoms with Gasteiger partial charge in [0, 0.05) is 18.3 Å². The van der Waals surface area contributed by atoms with Crippen LogP contribution in [0, 0.1) is 17.3 Å². The van der Waals surface area contributed by atoms with Gasteiger partial charge in [-0.3, -0.25) is 9.59 Å². The highest BCUT2D eigenvalue weighted by molar-refractivity contribution is 6.74. The molecule has 2 saturated carbocycles. The topological polar surface area (TPSA) is 61.8 Å². The first kappa shape index (κ1) is 41.1. The quantitative estimate of drug-likeness (QED) is 0.0583. The van der Waals surface area contributed by atoms with E-state index < -0.39 is 8.32 Å². The van der Waals surface area contributed by atoms with E-state index in [-0.39, 0.29) is 34.6 Å². The average molecular weight is 711 g/mol. The largest absolute Gasteiger partial charge is 0.459 e. The van der Waals surface area contributed by atoms with E-state index in [0.29, 0.717) is 36.3 Å². The van der Waals surface area contributed by atoms with Gasteiger partial charge in [-0.2, -0.15) is 0 Å². The molecule has 0 aromatic heterocycles. The lowest BCUT2D eigenvalue weighted by Gasteiger charge is -2.50. The molecule has 0 aliphatic heterocycles. The van der Waals surface area contributed by atoms with Crippen molar-refractivity contribution in [2.24, 2.45) is 17.3 Å². The van der Waals surface area contributed by atoms with Crippen molar-refractivity contribution >= 4 is 20.3 Å². The van der Waals surface area contributed by atoms with Gasteiger partial charge in [-0.15, -0.1) is 0 Å². The maximum atomic E-state index is 13.4. The molecule has 2 fully saturated rings. The van der Waals surface area contributed by atoms with Gasteiger partial charge < -0.3 is 13.9 Å². The minimum absolute atomic E-state index is 0.0283. The third-order valence-corrected chi connectivity index (χ3v) is 17.8. The number of unbranched alkanes of at least 4 members (excludes halogenated alkanes) is 12. The first-order valence-electron chi connectivity index (χ1n) is 21.0. The van der Waals surface area contributed by atoms with E-state index in [4.69, 9.17) is 13.9 Å². The molecule has 284 valence electrons. The maximum Gasteiger partial charge on any atom is 0.311 e. The van der Waals surface area contributed by atoms with Crippen LogP contribution < -0.4 is 4.74 Å². The minimum atomic E-state index is -2.08. The van der Waals surface area contributed by atoms with Crippen molar-refractivity contribution in [3.63, 3.8) is 0 Å². The number of benzene rings is 1. The van der Waals surface area contributed by atoms with Gasteiger partial charge in [-0.1, -0.05) is 125 Å². The summed E-state index contributed by atoms with van der Waals surface area (Å²) in [6.45, 7) is 18.5. The number of hydrogen-bond donors (Lipinski definition) is 0. The summed E-state index contributed by atoms with van der Waals surface area (Å²) in [5.74, 6) is 2.06. The normalized spacial score (nSPS) is 26.2. The van der Waals surface area contributed by atoms with E-state index >= 15 is 0 Å². The predicted molar refractivity (Wildman–Crippen MR) is 209 cm³/mol. The predicted octanol–water partition coefficient (Wildman–Crippen LogP) is 12.6. The monoisotopic (exact) mass is 711 g/mol. The molecule has 0 radical (unpaired) electrons. The van der Waals surface area contributed by atoms with Gasteiger partial charge in [0.05, 0.1) is 6.10 Å². The number of aryl methyl sites for hydroxylation is 1. The Morgan fingerprint density at radius 2 is 1.40 bits per heavy atom. The molecule has 3 aliphatic carbocycles.